The van der Waals surface area contributed by atoms with Crippen LogP contribution >= 0.6 is 0 Å². The van der Waals surface area contributed by atoms with E-state index in [4.69, 9.17) is 4.98 Å². The van der Waals surface area contributed by atoms with E-state index < -0.39 is 10.0 Å². The van der Waals surface area contributed by atoms with Crippen molar-refractivity contribution in [3.8, 4) is 11.4 Å². The van der Waals surface area contributed by atoms with Crippen molar-refractivity contribution in [2.75, 3.05) is 6.54 Å². The molecule has 0 saturated heterocycles. The zero-order valence-electron chi connectivity index (χ0n) is 16.9. The molecule has 0 amide bonds. The summed E-state index contributed by atoms with van der Waals surface area (Å²) in [6, 6.07) is 22.2. The van der Waals surface area contributed by atoms with Gasteiger partial charge in [-0.2, -0.15) is 0 Å². The van der Waals surface area contributed by atoms with Crippen molar-refractivity contribution < 1.29 is 8.42 Å². The molecule has 4 aromatic rings. The third-order valence-corrected chi connectivity index (χ3v) is 7.27. The van der Waals surface area contributed by atoms with E-state index in [1.165, 1.54) is 3.97 Å². The molecule has 0 bridgehead atoms. The van der Waals surface area contributed by atoms with Gasteiger partial charge in [-0.1, -0.05) is 48.5 Å². The third-order valence-electron chi connectivity index (χ3n) is 5.52. The standard InChI is InChI=1S/C24H22N4O2S/c29-31(30,22-11-5-2-6-12-22)28-14-7-10-21(28)18-27-15-13-23-20(17-27)16-25-24(26-23)19-8-3-1-4-9-19/h1-12,14,16H,13,15,17-18H2. The topological polar surface area (TPSA) is 68.1 Å². The molecule has 2 aromatic heterocycles. The zero-order chi connectivity index (χ0) is 21.3. The van der Waals surface area contributed by atoms with Crippen molar-refractivity contribution in [1.29, 1.82) is 0 Å². The molecule has 2 aromatic carbocycles. The molecule has 5 rings (SSSR count). The normalized spacial score (nSPS) is 14.3. The quantitative estimate of drug-likeness (QED) is 0.483. The fourth-order valence-electron chi connectivity index (χ4n) is 3.93. The van der Waals surface area contributed by atoms with Crippen LogP contribution in [-0.2, 0) is 29.5 Å². The summed E-state index contributed by atoms with van der Waals surface area (Å²) in [5.41, 5.74) is 3.91. The average Bonchev–Trinajstić information content (AvgIpc) is 3.29. The van der Waals surface area contributed by atoms with Gasteiger partial charge in [0.2, 0.25) is 0 Å². The van der Waals surface area contributed by atoms with Gasteiger partial charge >= 0.3 is 0 Å². The van der Waals surface area contributed by atoms with Gasteiger partial charge in [-0.05, 0) is 24.3 Å². The Labute approximate surface area is 181 Å². The van der Waals surface area contributed by atoms with Gasteiger partial charge in [0, 0.05) is 55.3 Å². The molecule has 0 atom stereocenters. The summed E-state index contributed by atoms with van der Waals surface area (Å²) in [7, 11) is -3.61. The van der Waals surface area contributed by atoms with Crippen molar-refractivity contribution in [2.24, 2.45) is 0 Å². The molecule has 0 radical (unpaired) electrons. The lowest BCUT2D eigenvalue weighted by atomic mass is 10.1. The summed E-state index contributed by atoms with van der Waals surface area (Å²) < 4.78 is 27.5. The van der Waals surface area contributed by atoms with Crippen LogP contribution in [0.4, 0.5) is 0 Å². The Hall–Kier alpha value is -3.29. The average molecular weight is 431 g/mol. The van der Waals surface area contributed by atoms with Gasteiger partial charge in [-0.25, -0.2) is 22.4 Å². The number of fused-ring (bicyclic) bond motifs is 1. The maximum absolute atomic E-state index is 13.1. The van der Waals surface area contributed by atoms with Crippen LogP contribution in [-0.4, -0.2) is 33.8 Å². The van der Waals surface area contributed by atoms with Crippen LogP contribution in [0, 0.1) is 0 Å². The highest BCUT2D eigenvalue weighted by Crippen LogP contribution is 2.23. The van der Waals surface area contributed by atoms with E-state index in [0.717, 1.165) is 41.3 Å². The van der Waals surface area contributed by atoms with E-state index in [9.17, 15) is 8.42 Å². The molecule has 1 aliphatic heterocycles. The number of nitrogens with zero attached hydrogens (tertiary/aromatic N) is 4. The van der Waals surface area contributed by atoms with E-state index in [1.807, 2.05) is 48.7 Å². The lowest BCUT2D eigenvalue weighted by molar-refractivity contribution is 0.239. The van der Waals surface area contributed by atoms with Crippen LogP contribution in [0.25, 0.3) is 11.4 Å². The summed E-state index contributed by atoms with van der Waals surface area (Å²) in [6.45, 7) is 2.05. The van der Waals surface area contributed by atoms with Gasteiger partial charge < -0.3 is 0 Å². The van der Waals surface area contributed by atoms with Crippen LogP contribution in [0.15, 0.2) is 90.1 Å². The van der Waals surface area contributed by atoms with E-state index in [1.54, 1.807) is 36.5 Å². The second-order valence-corrected chi connectivity index (χ2v) is 9.42. The third kappa shape index (κ3) is 3.89. The van der Waals surface area contributed by atoms with E-state index >= 15 is 0 Å². The van der Waals surface area contributed by atoms with Crippen molar-refractivity contribution in [3.05, 3.63) is 102 Å². The Morgan fingerprint density at radius 1 is 0.903 bits per heavy atom. The Bertz CT molecular complexity index is 1300. The first-order chi connectivity index (χ1) is 15.1. The summed E-state index contributed by atoms with van der Waals surface area (Å²) in [5.74, 6) is 0.746. The van der Waals surface area contributed by atoms with Gasteiger partial charge in [-0.3, -0.25) is 4.90 Å². The Morgan fingerprint density at radius 3 is 2.42 bits per heavy atom. The van der Waals surface area contributed by atoms with Crippen LogP contribution in [0.2, 0.25) is 0 Å². The predicted molar refractivity (Wildman–Crippen MR) is 119 cm³/mol. The van der Waals surface area contributed by atoms with Crippen LogP contribution in [0.3, 0.4) is 0 Å². The van der Waals surface area contributed by atoms with E-state index in [-0.39, 0.29) is 0 Å². The molecule has 1 aliphatic rings. The van der Waals surface area contributed by atoms with Gasteiger partial charge in [0.15, 0.2) is 5.82 Å². The first-order valence-corrected chi connectivity index (χ1v) is 11.6. The lowest BCUT2D eigenvalue weighted by Crippen LogP contribution is -2.32. The number of benzene rings is 2. The number of rotatable bonds is 5. The first kappa shape index (κ1) is 19.7. The van der Waals surface area contributed by atoms with Gasteiger partial charge in [0.1, 0.15) is 0 Å². The predicted octanol–water partition coefficient (Wildman–Crippen LogP) is 3.74. The molecule has 7 heteroatoms. The highest BCUT2D eigenvalue weighted by Gasteiger charge is 2.23. The fraction of sp³-hybridized carbons (Fsp3) is 0.167. The summed E-state index contributed by atoms with van der Waals surface area (Å²) in [4.78, 5) is 11.9. The van der Waals surface area contributed by atoms with Crippen molar-refractivity contribution in [1.82, 2.24) is 18.8 Å². The van der Waals surface area contributed by atoms with E-state index in [2.05, 4.69) is 9.88 Å². The largest absolute Gasteiger partial charge is 0.293 e. The minimum absolute atomic E-state index is 0.290. The second-order valence-electron chi connectivity index (χ2n) is 7.61. The maximum Gasteiger partial charge on any atom is 0.267 e. The zero-order valence-corrected chi connectivity index (χ0v) is 17.7. The molecule has 0 unspecified atom stereocenters. The molecular weight excluding hydrogens is 408 g/mol. The van der Waals surface area contributed by atoms with E-state index in [0.29, 0.717) is 18.0 Å². The molecule has 156 valence electrons. The molecule has 0 saturated carbocycles. The molecule has 0 spiro atoms. The van der Waals surface area contributed by atoms with Crippen LogP contribution < -0.4 is 0 Å². The molecule has 0 N–H and O–H groups in total. The molecule has 31 heavy (non-hydrogen) atoms. The van der Waals surface area contributed by atoms with Crippen molar-refractivity contribution in [3.63, 3.8) is 0 Å². The Morgan fingerprint density at radius 2 is 1.65 bits per heavy atom. The maximum atomic E-state index is 13.1. The SMILES string of the molecule is O=S(=O)(c1ccccc1)n1cccc1CN1CCc2nc(-c3ccccc3)ncc2C1. The number of hydrogen-bond donors (Lipinski definition) is 0. The van der Waals surface area contributed by atoms with Gasteiger partial charge in [0.05, 0.1) is 10.6 Å². The van der Waals surface area contributed by atoms with Crippen molar-refractivity contribution >= 4 is 10.0 Å². The summed E-state index contributed by atoms with van der Waals surface area (Å²) >= 11 is 0. The highest BCUT2D eigenvalue weighted by molar-refractivity contribution is 7.90. The van der Waals surface area contributed by atoms with Crippen molar-refractivity contribution in [2.45, 2.75) is 24.4 Å². The van der Waals surface area contributed by atoms with Crippen LogP contribution in [0.1, 0.15) is 17.0 Å². The second kappa shape index (κ2) is 8.09. The molecular formula is C24H22N4O2S. The summed E-state index contributed by atoms with van der Waals surface area (Å²) in [6.07, 6.45) is 4.32. The van der Waals surface area contributed by atoms with Gasteiger partial charge in [0.25, 0.3) is 10.0 Å². The monoisotopic (exact) mass is 430 g/mol. The molecule has 6 nitrogen and oxygen atoms in total. The number of hydrogen-bond acceptors (Lipinski definition) is 5. The molecule has 0 fully saturated rings. The first-order valence-electron chi connectivity index (χ1n) is 10.2. The smallest absolute Gasteiger partial charge is 0.267 e. The number of aromatic nitrogens is 3. The fourth-order valence-corrected chi connectivity index (χ4v) is 5.32. The molecule has 3 heterocycles. The highest BCUT2D eigenvalue weighted by atomic mass is 32.2. The minimum Gasteiger partial charge on any atom is -0.293 e. The molecule has 0 aliphatic carbocycles. The lowest BCUT2D eigenvalue weighted by Gasteiger charge is -2.28. The summed E-state index contributed by atoms with van der Waals surface area (Å²) in [5, 5.41) is 0. The van der Waals surface area contributed by atoms with Crippen LogP contribution in [0.5, 0.6) is 0 Å². The minimum atomic E-state index is -3.61. The Balaban J connectivity index is 1.36. The Kier molecular flexibility index (Phi) is 5.13. The van der Waals surface area contributed by atoms with Gasteiger partial charge in [-0.15, -0.1) is 0 Å².